The standard InChI is InChI=1S/C30H33N5O7/c1-2-41-30(40)42-35-18-16-34(17-19-35)29(39)23(14-9-15-26(36)37)33-28(38)25-20-24(21-10-5-3-6-11-21)31-27(32-25)22-12-7-4-8-13-22/h3-8,10-13,20,23H,2,9,14-19H2,1H3,(H,33,38)(H,36,37)/t23-/m0/s1. The van der Waals surface area contributed by atoms with Crippen LogP contribution in [0.15, 0.2) is 66.7 Å². The molecule has 2 N–H and O–H groups in total. The van der Waals surface area contributed by atoms with Gasteiger partial charge >= 0.3 is 12.1 Å². The van der Waals surface area contributed by atoms with Crippen molar-refractivity contribution < 1.29 is 33.9 Å². The molecular formula is C30H33N5O7. The van der Waals surface area contributed by atoms with Gasteiger partial charge in [0.15, 0.2) is 5.82 Å². The minimum Gasteiger partial charge on any atom is -0.481 e. The number of aliphatic carboxylic acids is 1. The van der Waals surface area contributed by atoms with Gasteiger partial charge in [-0.3, -0.25) is 14.4 Å². The Hall–Kier alpha value is -4.84. The molecule has 0 unspecified atom stereocenters. The molecule has 12 nitrogen and oxygen atoms in total. The van der Waals surface area contributed by atoms with E-state index < -0.39 is 24.1 Å². The molecule has 1 saturated heterocycles. The van der Waals surface area contributed by atoms with Crippen LogP contribution in [0.5, 0.6) is 0 Å². The summed E-state index contributed by atoms with van der Waals surface area (Å²) < 4.78 is 4.79. The zero-order valence-electron chi connectivity index (χ0n) is 23.3. The summed E-state index contributed by atoms with van der Waals surface area (Å²) in [6.07, 6.45) is -0.652. The first-order valence-electron chi connectivity index (χ1n) is 13.7. The lowest BCUT2D eigenvalue weighted by atomic mass is 10.1. The number of carbonyl (C=O) groups excluding carboxylic acids is 3. The predicted octanol–water partition coefficient (Wildman–Crippen LogP) is 3.40. The average Bonchev–Trinajstić information content (AvgIpc) is 3.01. The van der Waals surface area contributed by atoms with Crippen molar-refractivity contribution in [2.24, 2.45) is 0 Å². The van der Waals surface area contributed by atoms with E-state index in [4.69, 9.17) is 14.7 Å². The van der Waals surface area contributed by atoms with Gasteiger partial charge in [-0.2, -0.15) is 0 Å². The van der Waals surface area contributed by atoms with Crippen molar-refractivity contribution in [3.8, 4) is 22.6 Å². The predicted molar refractivity (Wildman–Crippen MR) is 152 cm³/mol. The van der Waals surface area contributed by atoms with Gasteiger partial charge in [-0.1, -0.05) is 60.7 Å². The van der Waals surface area contributed by atoms with E-state index in [0.29, 0.717) is 11.5 Å². The maximum atomic E-state index is 13.6. The minimum absolute atomic E-state index is 0.0754. The van der Waals surface area contributed by atoms with E-state index in [0.717, 1.165) is 11.1 Å². The molecule has 0 radical (unpaired) electrons. The Labute approximate surface area is 243 Å². The van der Waals surface area contributed by atoms with Gasteiger partial charge in [-0.25, -0.2) is 14.8 Å². The molecule has 0 spiro atoms. The summed E-state index contributed by atoms with van der Waals surface area (Å²) in [5.74, 6) is -1.57. The number of piperazine rings is 1. The van der Waals surface area contributed by atoms with Crippen LogP contribution in [0.3, 0.4) is 0 Å². The van der Waals surface area contributed by atoms with E-state index in [1.54, 1.807) is 17.9 Å². The van der Waals surface area contributed by atoms with E-state index in [1.807, 2.05) is 60.7 Å². The number of hydrogen-bond acceptors (Lipinski definition) is 9. The maximum Gasteiger partial charge on any atom is 0.527 e. The average molecular weight is 576 g/mol. The number of carboxylic acids is 1. The number of aromatic nitrogens is 2. The summed E-state index contributed by atoms with van der Waals surface area (Å²) >= 11 is 0. The van der Waals surface area contributed by atoms with E-state index in [-0.39, 0.29) is 63.6 Å². The second-order valence-electron chi connectivity index (χ2n) is 9.53. The number of ether oxygens (including phenoxy) is 1. The molecule has 220 valence electrons. The molecule has 1 aliphatic rings. The van der Waals surface area contributed by atoms with Crippen LogP contribution in [0.1, 0.15) is 36.7 Å². The second kappa shape index (κ2) is 14.7. The van der Waals surface area contributed by atoms with Gasteiger partial charge in [-0.05, 0) is 25.8 Å². The molecule has 0 saturated carbocycles. The van der Waals surface area contributed by atoms with E-state index in [2.05, 4.69) is 15.3 Å². The summed E-state index contributed by atoms with van der Waals surface area (Å²) in [6.45, 7) is 2.85. The number of hydrogen-bond donors (Lipinski definition) is 2. The maximum absolute atomic E-state index is 13.6. The van der Waals surface area contributed by atoms with Crippen molar-refractivity contribution in [3.63, 3.8) is 0 Å². The second-order valence-corrected chi connectivity index (χ2v) is 9.53. The number of carbonyl (C=O) groups is 4. The smallest absolute Gasteiger partial charge is 0.481 e. The van der Waals surface area contributed by atoms with Crippen LogP contribution in [0.2, 0.25) is 0 Å². The fraction of sp³-hybridized carbons (Fsp3) is 0.333. The Balaban J connectivity index is 1.54. The van der Waals surface area contributed by atoms with Crippen molar-refractivity contribution in [1.82, 2.24) is 25.2 Å². The van der Waals surface area contributed by atoms with Crippen LogP contribution in [-0.4, -0.2) is 87.8 Å². The first-order valence-corrected chi connectivity index (χ1v) is 13.7. The third-order valence-corrected chi connectivity index (χ3v) is 6.56. The number of nitrogens with zero attached hydrogens (tertiary/aromatic N) is 4. The highest BCUT2D eigenvalue weighted by Crippen LogP contribution is 2.23. The molecule has 0 aliphatic carbocycles. The summed E-state index contributed by atoms with van der Waals surface area (Å²) in [5.41, 5.74) is 2.14. The minimum atomic E-state index is -0.993. The third-order valence-electron chi connectivity index (χ3n) is 6.56. The molecule has 4 rings (SSSR count). The first kappa shape index (κ1) is 30.1. The Morgan fingerprint density at radius 3 is 2.19 bits per heavy atom. The summed E-state index contributed by atoms with van der Waals surface area (Å²) in [6, 6.07) is 19.2. The molecule has 2 aromatic carbocycles. The molecule has 12 heteroatoms. The Bertz CT molecular complexity index is 1320. The van der Waals surface area contributed by atoms with Crippen LogP contribution >= 0.6 is 0 Å². The number of nitrogens with one attached hydrogen (secondary N) is 1. The van der Waals surface area contributed by atoms with E-state index >= 15 is 0 Å². The summed E-state index contributed by atoms with van der Waals surface area (Å²) in [5, 5.41) is 13.3. The van der Waals surface area contributed by atoms with Crippen LogP contribution < -0.4 is 5.32 Å². The van der Waals surface area contributed by atoms with Gasteiger partial charge < -0.3 is 24.9 Å². The normalized spacial score (nSPS) is 14.1. The monoisotopic (exact) mass is 575 g/mol. The Morgan fingerprint density at radius 2 is 1.57 bits per heavy atom. The quantitative estimate of drug-likeness (QED) is 0.326. The van der Waals surface area contributed by atoms with Crippen molar-refractivity contribution >= 4 is 23.9 Å². The topological polar surface area (TPSA) is 151 Å². The molecule has 1 aliphatic heterocycles. The number of benzene rings is 2. The highest BCUT2D eigenvalue weighted by molar-refractivity contribution is 5.97. The highest BCUT2D eigenvalue weighted by Gasteiger charge is 2.30. The zero-order chi connectivity index (χ0) is 29.9. The summed E-state index contributed by atoms with van der Waals surface area (Å²) in [7, 11) is 0. The molecular weight excluding hydrogens is 542 g/mol. The van der Waals surface area contributed by atoms with Crippen LogP contribution in [-0.2, 0) is 19.2 Å². The van der Waals surface area contributed by atoms with Crippen LogP contribution in [0.25, 0.3) is 22.6 Å². The van der Waals surface area contributed by atoms with Gasteiger partial charge in [0.1, 0.15) is 11.7 Å². The van der Waals surface area contributed by atoms with E-state index in [1.165, 1.54) is 5.06 Å². The molecule has 1 atom stereocenters. The first-order chi connectivity index (χ1) is 20.3. The lowest BCUT2D eigenvalue weighted by Gasteiger charge is -2.35. The zero-order valence-corrected chi connectivity index (χ0v) is 23.3. The fourth-order valence-corrected chi connectivity index (χ4v) is 4.45. The molecule has 0 bridgehead atoms. The summed E-state index contributed by atoms with van der Waals surface area (Å²) in [4.78, 5) is 65.7. The van der Waals surface area contributed by atoms with Gasteiger partial charge in [0.2, 0.25) is 5.91 Å². The Kier molecular flexibility index (Phi) is 10.5. The molecule has 1 fully saturated rings. The SMILES string of the molecule is CCOC(=O)ON1CCN(C(=O)[C@H](CCCC(=O)O)NC(=O)c2cc(-c3ccccc3)nc(-c3ccccc3)n2)CC1. The number of rotatable bonds is 11. The number of carboxylic acid groups (broad SMARTS) is 1. The molecule has 42 heavy (non-hydrogen) atoms. The number of hydroxylamine groups is 2. The van der Waals surface area contributed by atoms with Crippen LogP contribution in [0.4, 0.5) is 4.79 Å². The van der Waals surface area contributed by atoms with Gasteiger partial charge in [-0.15, -0.1) is 5.06 Å². The fourth-order valence-electron chi connectivity index (χ4n) is 4.45. The van der Waals surface area contributed by atoms with Crippen LogP contribution in [0, 0.1) is 0 Å². The van der Waals surface area contributed by atoms with Gasteiger partial charge in [0.05, 0.1) is 25.4 Å². The molecule has 2 heterocycles. The highest BCUT2D eigenvalue weighted by atomic mass is 16.8. The van der Waals surface area contributed by atoms with Crippen molar-refractivity contribution in [2.75, 3.05) is 32.8 Å². The lowest BCUT2D eigenvalue weighted by Crippen LogP contribution is -2.55. The number of amides is 2. The van der Waals surface area contributed by atoms with Crippen molar-refractivity contribution in [3.05, 3.63) is 72.4 Å². The Morgan fingerprint density at radius 1 is 0.929 bits per heavy atom. The van der Waals surface area contributed by atoms with Gasteiger partial charge in [0, 0.05) is 30.6 Å². The van der Waals surface area contributed by atoms with Crippen molar-refractivity contribution in [2.45, 2.75) is 32.2 Å². The third kappa shape index (κ3) is 8.33. The molecule has 1 aromatic heterocycles. The lowest BCUT2D eigenvalue weighted by molar-refractivity contribution is -0.157. The molecule has 2 amide bonds. The van der Waals surface area contributed by atoms with Crippen molar-refractivity contribution in [1.29, 1.82) is 0 Å². The van der Waals surface area contributed by atoms with E-state index in [9.17, 15) is 19.2 Å². The molecule has 3 aromatic rings. The van der Waals surface area contributed by atoms with Gasteiger partial charge in [0.25, 0.3) is 5.91 Å². The largest absolute Gasteiger partial charge is 0.527 e.